The summed E-state index contributed by atoms with van der Waals surface area (Å²) in [7, 11) is 3.86. The van der Waals surface area contributed by atoms with E-state index in [1.165, 1.54) is 10.5 Å². The fourth-order valence-corrected chi connectivity index (χ4v) is 4.19. The second kappa shape index (κ2) is 6.64. The maximum atomic E-state index is 13.1. The Morgan fingerprint density at radius 1 is 0.897 bits per heavy atom. The van der Waals surface area contributed by atoms with Crippen LogP contribution >= 0.6 is 0 Å². The minimum Gasteiger partial charge on any atom is -0.308 e. The largest absolute Gasteiger partial charge is 0.308 e. The van der Waals surface area contributed by atoms with E-state index in [1.807, 2.05) is 67.5 Å². The molecule has 0 fully saturated rings. The number of amides is 2. The summed E-state index contributed by atoms with van der Waals surface area (Å²) in [5.41, 5.74) is 5.34. The summed E-state index contributed by atoms with van der Waals surface area (Å²) in [6, 6.07) is 17.6. The zero-order chi connectivity index (χ0) is 20.1. The molecule has 0 aliphatic carbocycles. The summed E-state index contributed by atoms with van der Waals surface area (Å²) < 4.78 is 0. The van der Waals surface area contributed by atoms with Gasteiger partial charge in [0, 0.05) is 41.6 Å². The monoisotopic (exact) mass is 383 g/mol. The van der Waals surface area contributed by atoms with Crippen LogP contribution in [-0.2, 0) is 6.42 Å². The summed E-state index contributed by atoms with van der Waals surface area (Å²) in [6.45, 7) is 1.01. The zero-order valence-electron chi connectivity index (χ0n) is 16.5. The third kappa shape index (κ3) is 2.77. The summed E-state index contributed by atoms with van der Waals surface area (Å²) >= 11 is 0. The van der Waals surface area contributed by atoms with Crippen LogP contribution in [-0.4, -0.2) is 54.5 Å². The van der Waals surface area contributed by atoms with E-state index in [9.17, 15) is 9.59 Å². The molecule has 0 saturated heterocycles. The molecule has 2 amide bonds. The molecule has 5 rings (SSSR count). The third-order valence-corrected chi connectivity index (χ3v) is 5.68. The molecule has 2 heterocycles. The number of benzene rings is 3. The van der Waals surface area contributed by atoms with E-state index in [4.69, 9.17) is 4.99 Å². The highest BCUT2D eigenvalue weighted by molar-refractivity contribution is 6.28. The van der Waals surface area contributed by atoms with Gasteiger partial charge in [-0.25, -0.2) is 0 Å². The Labute approximate surface area is 169 Å². The predicted octanol–water partition coefficient (Wildman–Crippen LogP) is 3.67. The SMILES string of the molecule is CN(C)CCN1C(=O)c2cccc3c(C4=Nc5ccccc5C4)ccc(c23)C1=O. The highest BCUT2D eigenvalue weighted by atomic mass is 16.2. The molecule has 0 N–H and O–H groups in total. The van der Waals surface area contributed by atoms with Gasteiger partial charge in [0.25, 0.3) is 11.8 Å². The lowest BCUT2D eigenvalue weighted by Crippen LogP contribution is -2.43. The van der Waals surface area contributed by atoms with E-state index in [1.54, 1.807) is 0 Å². The molecule has 2 aliphatic heterocycles. The van der Waals surface area contributed by atoms with Gasteiger partial charge in [0.15, 0.2) is 0 Å². The molecule has 0 spiro atoms. The highest BCUT2D eigenvalue weighted by Gasteiger charge is 2.33. The van der Waals surface area contributed by atoms with E-state index in [0.717, 1.165) is 34.2 Å². The molecular formula is C24H21N3O2. The molecule has 3 aromatic rings. The van der Waals surface area contributed by atoms with Gasteiger partial charge in [-0.15, -0.1) is 0 Å². The first-order valence-electron chi connectivity index (χ1n) is 9.77. The van der Waals surface area contributed by atoms with Crippen LogP contribution in [0.4, 0.5) is 5.69 Å². The van der Waals surface area contributed by atoms with Crippen molar-refractivity contribution in [2.24, 2.45) is 4.99 Å². The van der Waals surface area contributed by atoms with Crippen LogP contribution in [0.1, 0.15) is 31.8 Å². The Bertz CT molecular complexity index is 1190. The molecule has 0 aromatic heterocycles. The summed E-state index contributed by atoms with van der Waals surface area (Å²) in [6.07, 6.45) is 0.756. The number of para-hydroxylation sites is 1. The zero-order valence-corrected chi connectivity index (χ0v) is 16.5. The molecule has 3 aromatic carbocycles. The molecule has 5 nitrogen and oxygen atoms in total. The predicted molar refractivity (Wildman–Crippen MR) is 114 cm³/mol. The number of imide groups is 1. The number of hydrogen-bond donors (Lipinski definition) is 0. The van der Waals surface area contributed by atoms with Crippen molar-refractivity contribution in [2.45, 2.75) is 6.42 Å². The fraction of sp³-hybridized carbons (Fsp3) is 0.208. The van der Waals surface area contributed by atoms with E-state index in [-0.39, 0.29) is 11.8 Å². The van der Waals surface area contributed by atoms with Crippen molar-refractivity contribution in [1.29, 1.82) is 0 Å². The Morgan fingerprint density at radius 3 is 2.38 bits per heavy atom. The third-order valence-electron chi connectivity index (χ3n) is 5.68. The van der Waals surface area contributed by atoms with Crippen molar-refractivity contribution in [2.75, 3.05) is 27.2 Å². The normalized spacial score (nSPS) is 15.3. The van der Waals surface area contributed by atoms with Gasteiger partial charge in [0.1, 0.15) is 0 Å². The van der Waals surface area contributed by atoms with Gasteiger partial charge in [-0.05, 0) is 43.2 Å². The smallest absolute Gasteiger partial charge is 0.261 e. The highest BCUT2D eigenvalue weighted by Crippen LogP contribution is 2.35. The summed E-state index contributed by atoms with van der Waals surface area (Å²) in [5.74, 6) is -0.438. The standard InChI is InChI=1S/C24H21N3O2/c1-26(2)12-13-27-23(28)18-8-5-7-17-16(10-11-19(22(17)18)24(27)29)21-14-15-6-3-4-9-20(15)25-21/h3-11H,12-14H2,1-2H3. The number of fused-ring (bicyclic) bond motifs is 1. The molecule has 2 aliphatic rings. The summed E-state index contributed by atoms with van der Waals surface area (Å²) in [4.78, 5) is 34.3. The van der Waals surface area contributed by atoms with E-state index in [2.05, 4.69) is 6.07 Å². The minimum atomic E-state index is -0.219. The maximum Gasteiger partial charge on any atom is 0.261 e. The second-order valence-corrected chi connectivity index (χ2v) is 7.82. The van der Waals surface area contributed by atoms with Gasteiger partial charge in [0.05, 0.1) is 11.4 Å². The molecule has 5 heteroatoms. The van der Waals surface area contributed by atoms with Crippen LogP contribution in [0.15, 0.2) is 59.6 Å². The average Bonchev–Trinajstić information content (AvgIpc) is 3.15. The number of carbonyl (C=O) groups excluding carboxylic acids is 2. The van der Waals surface area contributed by atoms with Crippen LogP contribution in [0.3, 0.4) is 0 Å². The molecule has 0 bridgehead atoms. The van der Waals surface area contributed by atoms with Crippen LogP contribution in [0.5, 0.6) is 0 Å². The molecule has 0 saturated carbocycles. The van der Waals surface area contributed by atoms with Crippen molar-refractivity contribution in [3.05, 3.63) is 76.9 Å². The topological polar surface area (TPSA) is 53.0 Å². The number of nitrogens with zero attached hydrogens (tertiary/aromatic N) is 3. The Morgan fingerprint density at radius 2 is 1.62 bits per heavy atom. The van der Waals surface area contributed by atoms with Crippen LogP contribution in [0.25, 0.3) is 10.8 Å². The van der Waals surface area contributed by atoms with E-state index in [0.29, 0.717) is 24.2 Å². The van der Waals surface area contributed by atoms with Crippen LogP contribution in [0.2, 0.25) is 0 Å². The van der Waals surface area contributed by atoms with Gasteiger partial charge in [-0.1, -0.05) is 36.4 Å². The Kier molecular flexibility index (Phi) is 4.07. The van der Waals surface area contributed by atoms with Crippen molar-refractivity contribution in [3.63, 3.8) is 0 Å². The number of rotatable bonds is 4. The first kappa shape index (κ1) is 17.8. The molecular weight excluding hydrogens is 362 g/mol. The lowest BCUT2D eigenvalue weighted by molar-refractivity contribution is 0.0601. The molecule has 0 radical (unpaired) electrons. The molecule has 0 atom stereocenters. The van der Waals surface area contributed by atoms with Crippen LogP contribution < -0.4 is 0 Å². The first-order chi connectivity index (χ1) is 14.0. The first-order valence-corrected chi connectivity index (χ1v) is 9.77. The Balaban J connectivity index is 1.63. The fourth-order valence-electron chi connectivity index (χ4n) is 4.19. The van der Waals surface area contributed by atoms with Gasteiger partial charge < -0.3 is 4.90 Å². The maximum absolute atomic E-state index is 13.1. The number of aliphatic imine (C=N–C) groups is 1. The quantitative estimate of drug-likeness (QED) is 0.646. The van der Waals surface area contributed by atoms with Crippen molar-refractivity contribution in [3.8, 4) is 0 Å². The van der Waals surface area contributed by atoms with Gasteiger partial charge in [0.2, 0.25) is 0 Å². The summed E-state index contributed by atoms with van der Waals surface area (Å²) in [5, 5.41) is 1.67. The minimum absolute atomic E-state index is 0.219. The van der Waals surface area contributed by atoms with Crippen molar-refractivity contribution < 1.29 is 9.59 Å². The average molecular weight is 383 g/mol. The number of likely N-dealkylation sites (N-methyl/N-ethyl adjacent to an activating group) is 1. The molecule has 0 unspecified atom stereocenters. The van der Waals surface area contributed by atoms with Gasteiger partial charge >= 0.3 is 0 Å². The molecule has 29 heavy (non-hydrogen) atoms. The Hall–Kier alpha value is -3.31. The lowest BCUT2D eigenvalue weighted by atomic mass is 9.89. The number of hydrogen-bond acceptors (Lipinski definition) is 4. The molecule has 144 valence electrons. The van der Waals surface area contributed by atoms with Gasteiger partial charge in [-0.3, -0.25) is 19.5 Å². The van der Waals surface area contributed by atoms with Crippen molar-refractivity contribution in [1.82, 2.24) is 9.80 Å². The van der Waals surface area contributed by atoms with Gasteiger partial charge in [-0.2, -0.15) is 0 Å². The van der Waals surface area contributed by atoms with E-state index >= 15 is 0 Å². The second-order valence-electron chi connectivity index (χ2n) is 7.82. The van der Waals surface area contributed by atoms with E-state index < -0.39 is 0 Å². The van der Waals surface area contributed by atoms with Crippen LogP contribution in [0, 0.1) is 0 Å². The number of carbonyl (C=O) groups is 2. The van der Waals surface area contributed by atoms with Crippen molar-refractivity contribution >= 4 is 34.0 Å². The lowest BCUT2D eigenvalue weighted by Gasteiger charge is -2.28.